The van der Waals surface area contributed by atoms with Gasteiger partial charge in [-0.2, -0.15) is 0 Å². The minimum absolute atomic E-state index is 0.0650. The Morgan fingerprint density at radius 2 is 1.95 bits per heavy atom. The normalized spacial score (nSPS) is 17.2. The molecule has 0 radical (unpaired) electrons. The van der Waals surface area contributed by atoms with E-state index in [9.17, 15) is 4.79 Å². The van der Waals surface area contributed by atoms with E-state index in [2.05, 4.69) is 9.97 Å². The largest absolute Gasteiger partial charge is 0.289 e. The van der Waals surface area contributed by atoms with Crippen molar-refractivity contribution in [1.82, 2.24) is 14.5 Å². The standard InChI is InChI=1S/C15H19N3OS/c1-20-15-16-10-11-8-9-13(19)18(14(11)17-15)12-6-4-2-3-5-7-12/h8-10,12H,2-7H2,1H3. The molecular weight excluding hydrogens is 270 g/mol. The first-order chi connectivity index (χ1) is 9.79. The van der Waals surface area contributed by atoms with E-state index in [0.717, 1.165) is 29.0 Å². The van der Waals surface area contributed by atoms with Gasteiger partial charge >= 0.3 is 0 Å². The zero-order valence-electron chi connectivity index (χ0n) is 11.7. The van der Waals surface area contributed by atoms with Crippen LogP contribution in [0.2, 0.25) is 0 Å². The van der Waals surface area contributed by atoms with Gasteiger partial charge in [-0.1, -0.05) is 37.4 Å². The van der Waals surface area contributed by atoms with E-state index >= 15 is 0 Å². The Balaban J connectivity index is 2.15. The van der Waals surface area contributed by atoms with Crippen molar-refractivity contribution in [2.24, 2.45) is 0 Å². The third-order valence-electron chi connectivity index (χ3n) is 4.02. The van der Waals surface area contributed by atoms with Crippen LogP contribution in [0, 0.1) is 0 Å². The highest BCUT2D eigenvalue weighted by molar-refractivity contribution is 7.98. The van der Waals surface area contributed by atoms with Gasteiger partial charge in [0.1, 0.15) is 5.65 Å². The second kappa shape index (κ2) is 5.95. The van der Waals surface area contributed by atoms with E-state index in [0.29, 0.717) is 6.04 Å². The molecule has 20 heavy (non-hydrogen) atoms. The minimum Gasteiger partial charge on any atom is -0.289 e. The molecule has 0 bridgehead atoms. The van der Waals surface area contributed by atoms with Gasteiger partial charge in [-0.3, -0.25) is 9.36 Å². The van der Waals surface area contributed by atoms with Crippen LogP contribution in [0.4, 0.5) is 0 Å². The molecule has 1 saturated carbocycles. The van der Waals surface area contributed by atoms with Gasteiger partial charge in [0.25, 0.3) is 5.56 Å². The van der Waals surface area contributed by atoms with Gasteiger partial charge in [-0.05, 0) is 25.2 Å². The van der Waals surface area contributed by atoms with Gasteiger partial charge in [0, 0.05) is 23.7 Å². The number of aromatic nitrogens is 3. The molecule has 0 aliphatic heterocycles. The summed E-state index contributed by atoms with van der Waals surface area (Å²) in [6, 6.07) is 3.77. The van der Waals surface area contributed by atoms with Crippen molar-refractivity contribution in [2.45, 2.75) is 49.7 Å². The topological polar surface area (TPSA) is 47.8 Å². The highest BCUT2D eigenvalue weighted by atomic mass is 32.2. The first-order valence-electron chi connectivity index (χ1n) is 7.22. The molecule has 0 saturated heterocycles. The lowest BCUT2D eigenvalue weighted by atomic mass is 10.1. The smallest absolute Gasteiger partial charge is 0.252 e. The van der Waals surface area contributed by atoms with Crippen LogP contribution < -0.4 is 5.56 Å². The predicted molar refractivity (Wildman–Crippen MR) is 82.3 cm³/mol. The molecule has 2 aromatic rings. The summed E-state index contributed by atoms with van der Waals surface area (Å²) in [6.45, 7) is 0. The Bertz CT molecular complexity index is 660. The van der Waals surface area contributed by atoms with Crippen LogP contribution in [0.5, 0.6) is 0 Å². The molecule has 0 spiro atoms. The lowest BCUT2D eigenvalue weighted by Crippen LogP contribution is -2.25. The summed E-state index contributed by atoms with van der Waals surface area (Å²) in [4.78, 5) is 21.2. The number of rotatable bonds is 2. The van der Waals surface area contributed by atoms with Crippen LogP contribution in [0.25, 0.3) is 11.0 Å². The lowest BCUT2D eigenvalue weighted by Gasteiger charge is -2.19. The van der Waals surface area contributed by atoms with Crippen molar-refractivity contribution in [3.63, 3.8) is 0 Å². The minimum atomic E-state index is 0.0650. The Kier molecular flexibility index (Phi) is 4.05. The summed E-state index contributed by atoms with van der Waals surface area (Å²) >= 11 is 1.51. The summed E-state index contributed by atoms with van der Waals surface area (Å²) in [6.07, 6.45) is 10.9. The molecule has 4 nitrogen and oxygen atoms in total. The van der Waals surface area contributed by atoms with Crippen molar-refractivity contribution >= 4 is 22.8 Å². The number of nitrogens with zero attached hydrogens (tertiary/aromatic N) is 3. The third-order valence-corrected chi connectivity index (χ3v) is 4.58. The van der Waals surface area contributed by atoms with E-state index in [1.807, 2.05) is 23.1 Å². The zero-order chi connectivity index (χ0) is 13.9. The molecule has 2 aromatic heterocycles. The molecule has 0 aromatic carbocycles. The average molecular weight is 289 g/mol. The number of fused-ring (bicyclic) bond motifs is 1. The Labute approximate surface area is 122 Å². The molecule has 0 amide bonds. The Morgan fingerprint density at radius 3 is 2.65 bits per heavy atom. The highest BCUT2D eigenvalue weighted by Gasteiger charge is 2.18. The summed E-state index contributed by atoms with van der Waals surface area (Å²) in [7, 11) is 0. The van der Waals surface area contributed by atoms with E-state index in [1.54, 1.807) is 6.07 Å². The van der Waals surface area contributed by atoms with Crippen LogP contribution in [-0.4, -0.2) is 20.8 Å². The van der Waals surface area contributed by atoms with Gasteiger partial charge < -0.3 is 0 Å². The fourth-order valence-electron chi connectivity index (χ4n) is 2.99. The van der Waals surface area contributed by atoms with Gasteiger partial charge in [0.05, 0.1) is 0 Å². The van der Waals surface area contributed by atoms with Crippen molar-refractivity contribution in [3.05, 3.63) is 28.7 Å². The van der Waals surface area contributed by atoms with E-state index in [-0.39, 0.29) is 5.56 Å². The van der Waals surface area contributed by atoms with Crippen molar-refractivity contribution in [1.29, 1.82) is 0 Å². The maximum Gasteiger partial charge on any atom is 0.252 e. The predicted octanol–water partition coefficient (Wildman–Crippen LogP) is 3.41. The van der Waals surface area contributed by atoms with Gasteiger partial charge in [0.15, 0.2) is 5.16 Å². The maximum atomic E-state index is 12.3. The number of hydrogen-bond acceptors (Lipinski definition) is 4. The van der Waals surface area contributed by atoms with Crippen LogP contribution in [-0.2, 0) is 0 Å². The number of hydrogen-bond donors (Lipinski definition) is 0. The van der Waals surface area contributed by atoms with Crippen LogP contribution in [0.3, 0.4) is 0 Å². The second-order valence-electron chi connectivity index (χ2n) is 5.32. The van der Waals surface area contributed by atoms with E-state index in [1.165, 1.54) is 37.4 Å². The SMILES string of the molecule is CSc1ncc2ccc(=O)n(C3CCCCCC3)c2n1. The molecule has 5 heteroatoms. The quantitative estimate of drug-likeness (QED) is 0.483. The first kappa shape index (κ1) is 13.6. The monoisotopic (exact) mass is 289 g/mol. The van der Waals surface area contributed by atoms with E-state index in [4.69, 9.17) is 0 Å². The lowest BCUT2D eigenvalue weighted by molar-refractivity contribution is 0.441. The summed E-state index contributed by atoms with van der Waals surface area (Å²) in [5.41, 5.74) is 0.860. The Morgan fingerprint density at radius 1 is 1.20 bits per heavy atom. The molecule has 106 valence electrons. The number of pyridine rings is 1. The Hall–Kier alpha value is -1.36. The van der Waals surface area contributed by atoms with Gasteiger partial charge in [-0.25, -0.2) is 9.97 Å². The maximum absolute atomic E-state index is 12.3. The van der Waals surface area contributed by atoms with Crippen molar-refractivity contribution < 1.29 is 0 Å². The van der Waals surface area contributed by atoms with Crippen LogP contribution in [0.15, 0.2) is 28.3 Å². The molecule has 0 N–H and O–H groups in total. The molecule has 1 fully saturated rings. The third kappa shape index (κ3) is 2.59. The summed E-state index contributed by atoms with van der Waals surface area (Å²) < 4.78 is 1.90. The molecule has 1 aliphatic rings. The molecule has 2 heterocycles. The fraction of sp³-hybridized carbons (Fsp3) is 0.533. The van der Waals surface area contributed by atoms with E-state index < -0.39 is 0 Å². The second-order valence-corrected chi connectivity index (χ2v) is 6.10. The zero-order valence-corrected chi connectivity index (χ0v) is 12.5. The summed E-state index contributed by atoms with van der Waals surface area (Å²) in [5.74, 6) is 0. The van der Waals surface area contributed by atoms with Crippen LogP contribution >= 0.6 is 11.8 Å². The fourth-order valence-corrected chi connectivity index (χ4v) is 3.33. The van der Waals surface area contributed by atoms with Gasteiger partial charge in [0.2, 0.25) is 0 Å². The molecule has 0 unspecified atom stereocenters. The average Bonchev–Trinajstić information content (AvgIpc) is 2.75. The molecule has 3 rings (SSSR count). The molecule has 1 aliphatic carbocycles. The van der Waals surface area contributed by atoms with Gasteiger partial charge in [-0.15, -0.1) is 0 Å². The molecule has 0 atom stereocenters. The first-order valence-corrected chi connectivity index (χ1v) is 8.44. The molecular formula is C15H19N3OS. The highest BCUT2D eigenvalue weighted by Crippen LogP contribution is 2.28. The van der Waals surface area contributed by atoms with Crippen LogP contribution in [0.1, 0.15) is 44.6 Å². The number of thioether (sulfide) groups is 1. The van der Waals surface area contributed by atoms with Crippen molar-refractivity contribution in [3.8, 4) is 0 Å². The van der Waals surface area contributed by atoms with Crippen molar-refractivity contribution in [2.75, 3.05) is 6.26 Å². The summed E-state index contributed by atoms with van der Waals surface area (Å²) in [5, 5.41) is 1.68.